The minimum Gasteiger partial charge on any atom is -0.487 e. The zero-order chi connectivity index (χ0) is 20.5. The Morgan fingerprint density at radius 3 is 2.30 bits per heavy atom. The van der Waals surface area contributed by atoms with E-state index >= 15 is 0 Å². The van der Waals surface area contributed by atoms with Gasteiger partial charge in [-0.3, -0.25) is 0 Å². The normalized spacial score (nSPS) is 10.2. The smallest absolute Gasteiger partial charge is 0.163 e. The van der Waals surface area contributed by atoms with Crippen molar-refractivity contribution in [3.05, 3.63) is 48.3 Å². The highest BCUT2D eigenvalue weighted by atomic mass is 35.5. The van der Waals surface area contributed by atoms with E-state index in [2.05, 4.69) is 21.2 Å². The predicted octanol–water partition coefficient (Wildman–Crippen LogP) is 3.83. The number of ether oxygens (including phenoxy) is 4. The second kappa shape index (κ2) is 11.8. The first-order valence-electron chi connectivity index (χ1n) is 9.11. The molecular weight excluding hydrogens is 412 g/mol. The predicted molar refractivity (Wildman–Crippen MR) is 119 cm³/mol. The van der Waals surface area contributed by atoms with Crippen LogP contribution in [0.2, 0.25) is 0 Å². The molecule has 0 saturated heterocycles. The van der Waals surface area contributed by atoms with Gasteiger partial charge in [-0.25, -0.2) is 9.97 Å². The summed E-state index contributed by atoms with van der Waals surface area (Å²) in [5, 5.41) is 4.10. The van der Waals surface area contributed by atoms with Crippen molar-refractivity contribution in [1.29, 1.82) is 0 Å². The van der Waals surface area contributed by atoms with Gasteiger partial charge in [0.15, 0.2) is 11.5 Å². The molecule has 0 spiro atoms. The van der Waals surface area contributed by atoms with Crippen molar-refractivity contribution in [1.82, 2.24) is 9.97 Å². The average molecular weight is 436 g/mol. The van der Waals surface area contributed by atoms with Gasteiger partial charge in [-0.1, -0.05) is 12.0 Å². The van der Waals surface area contributed by atoms with Gasteiger partial charge in [-0.2, -0.15) is 0 Å². The van der Waals surface area contributed by atoms with Crippen LogP contribution in [-0.4, -0.2) is 50.6 Å². The molecular formula is C22H24ClN3O4. The lowest BCUT2D eigenvalue weighted by molar-refractivity contribution is 0.132. The van der Waals surface area contributed by atoms with Gasteiger partial charge >= 0.3 is 0 Å². The summed E-state index contributed by atoms with van der Waals surface area (Å²) in [6, 6.07) is 11.3. The van der Waals surface area contributed by atoms with E-state index in [4.69, 9.17) is 25.4 Å². The number of nitrogens with one attached hydrogen (secondary N) is 1. The van der Waals surface area contributed by atoms with Gasteiger partial charge in [0, 0.05) is 36.9 Å². The molecule has 0 atom stereocenters. The number of terminal acetylenes is 1. The number of methoxy groups -OCH3 is 2. The number of nitrogens with zero attached hydrogens (tertiary/aromatic N) is 2. The van der Waals surface area contributed by atoms with Crippen LogP contribution in [-0.2, 0) is 9.47 Å². The van der Waals surface area contributed by atoms with Crippen LogP contribution in [0.15, 0.2) is 42.7 Å². The van der Waals surface area contributed by atoms with Crippen molar-refractivity contribution in [2.45, 2.75) is 0 Å². The van der Waals surface area contributed by atoms with Crippen LogP contribution < -0.4 is 14.8 Å². The van der Waals surface area contributed by atoms with Gasteiger partial charge in [0.1, 0.15) is 25.4 Å². The Bertz CT molecular complexity index is 1010. The molecule has 0 fully saturated rings. The Balaban J connectivity index is 0.00000320. The molecule has 0 aliphatic rings. The Kier molecular flexibility index (Phi) is 9.16. The van der Waals surface area contributed by atoms with Crippen molar-refractivity contribution in [2.75, 3.05) is 46.0 Å². The van der Waals surface area contributed by atoms with Crippen LogP contribution in [0.5, 0.6) is 11.5 Å². The SMILES string of the molecule is C#C[13c]1[13cH][13cH][13cH][13c](Nc2ncnc3cc(OCCOC)c(OCCOC)cc23)[13cH]1.Cl. The lowest BCUT2D eigenvalue weighted by atomic mass is 10.2. The fourth-order valence-electron chi connectivity index (χ4n) is 2.68. The molecule has 2 aromatic carbocycles. The molecule has 3 aromatic rings. The summed E-state index contributed by atoms with van der Waals surface area (Å²) >= 11 is 0. The fraction of sp³-hybridized carbons (Fsp3) is 0.273. The van der Waals surface area contributed by atoms with Crippen LogP contribution in [0.1, 0.15) is 5.56 Å². The molecule has 0 unspecified atom stereocenters. The summed E-state index contributed by atoms with van der Waals surface area (Å²) < 4.78 is 21.8. The topological polar surface area (TPSA) is 74.7 Å². The molecule has 0 radical (unpaired) electrons. The number of benzene rings is 2. The molecule has 7 nitrogen and oxygen atoms in total. The monoisotopic (exact) mass is 435 g/mol. The zero-order valence-electron chi connectivity index (χ0n) is 16.9. The highest BCUT2D eigenvalue weighted by molar-refractivity contribution is 5.93. The Labute approximate surface area is 182 Å². The third kappa shape index (κ3) is 5.97. The summed E-state index contributed by atoms with van der Waals surface area (Å²) in [6.45, 7) is 1.73. The molecule has 158 valence electrons. The molecule has 8 heteroatoms. The van der Waals surface area contributed by atoms with Crippen LogP contribution in [0.4, 0.5) is 11.5 Å². The molecule has 3 rings (SSSR count). The molecule has 0 aliphatic heterocycles. The standard InChI is InChI=1S/C22H23N3O4.ClH/c1-4-16-6-5-7-17(12-16)25-22-18-13-20(28-10-8-26-2)21(29-11-9-27-3)14-19(18)23-15-24-22;/h1,5-7,12-15H,8-11H2,2-3H3,(H,23,24,25);1H/i5+1,6+1,7+1,12+1,16+1,17+1;. The molecule has 0 saturated carbocycles. The van der Waals surface area contributed by atoms with Crippen molar-refractivity contribution in [3.63, 3.8) is 0 Å². The number of fused-ring (bicyclic) bond motifs is 1. The lowest BCUT2D eigenvalue weighted by Crippen LogP contribution is -2.09. The Hall–Kier alpha value is -3.05. The van der Waals surface area contributed by atoms with E-state index in [0.717, 1.165) is 22.2 Å². The second-order valence-electron chi connectivity index (χ2n) is 6.07. The third-order valence-electron chi connectivity index (χ3n) is 4.08. The minimum absolute atomic E-state index is 0. The van der Waals surface area contributed by atoms with Gasteiger partial charge < -0.3 is 24.3 Å². The fourth-order valence-corrected chi connectivity index (χ4v) is 2.68. The van der Waals surface area contributed by atoms with Crippen LogP contribution in [0.3, 0.4) is 0 Å². The summed E-state index contributed by atoms with van der Waals surface area (Å²) in [4.78, 5) is 8.75. The molecule has 30 heavy (non-hydrogen) atoms. The number of hydrogen-bond acceptors (Lipinski definition) is 7. The van der Waals surface area contributed by atoms with E-state index in [1.807, 2.05) is 36.4 Å². The van der Waals surface area contributed by atoms with Gasteiger partial charge in [-0.15, -0.1) is 18.8 Å². The molecule has 1 N–H and O–H groups in total. The van der Waals surface area contributed by atoms with Gasteiger partial charge in [0.25, 0.3) is 0 Å². The van der Waals surface area contributed by atoms with E-state index in [9.17, 15) is 0 Å². The van der Waals surface area contributed by atoms with Crippen LogP contribution in [0, 0.1) is 12.3 Å². The molecule has 0 aliphatic carbocycles. The van der Waals surface area contributed by atoms with Gasteiger partial charge in [0.05, 0.1) is 18.7 Å². The van der Waals surface area contributed by atoms with E-state index in [0.29, 0.717) is 43.7 Å². The second-order valence-corrected chi connectivity index (χ2v) is 6.07. The number of halogens is 1. The first-order chi connectivity index (χ1) is 14.2. The molecule has 0 bridgehead atoms. The molecule has 1 aromatic heterocycles. The van der Waals surface area contributed by atoms with Crippen molar-refractivity contribution < 1.29 is 18.9 Å². The first kappa shape index (κ1) is 23.2. The number of rotatable bonds is 10. The van der Waals surface area contributed by atoms with Crippen molar-refractivity contribution in [3.8, 4) is 23.8 Å². The summed E-state index contributed by atoms with van der Waals surface area (Å²) in [6.07, 6.45) is 6.99. The van der Waals surface area contributed by atoms with E-state index < -0.39 is 0 Å². The summed E-state index contributed by atoms with van der Waals surface area (Å²) in [5.74, 6) is 4.44. The maximum Gasteiger partial charge on any atom is 0.163 e. The van der Waals surface area contributed by atoms with Gasteiger partial charge in [0.2, 0.25) is 0 Å². The Morgan fingerprint density at radius 2 is 1.63 bits per heavy atom. The summed E-state index contributed by atoms with van der Waals surface area (Å²) in [7, 11) is 3.25. The highest BCUT2D eigenvalue weighted by Crippen LogP contribution is 2.35. The minimum atomic E-state index is 0. The van der Waals surface area contributed by atoms with Crippen molar-refractivity contribution in [2.24, 2.45) is 0 Å². The van der Waals surface area contributed by atoms with Crippen molar-refractivity contribution >= 4 is 34.8 Å². The van der Waals surface area contributed by atoms with Gasteiger partial charge in [-0.05, 0) is 24.3 Å². The highest BCUT2D eigenvalue weighted by Gasteiger charge is 2.13. The largest absolute Gasteiger partial charge is 0.487 e. The zero-order valence-corrected chi connectivity index (χ0v) is 17.7. The Morgan fingerprint density at radius 1 is 0.933 bits per heavy atom. The maximum absolute atomic E-state index is 5.86. The first-order valence-corrected chi connectivity index (χ1v) is 9.11. The third-order valence-corrected chi connectivity index (χ3v) is 4.08. The molecule has 0 amide bonds. The van der Waals surface area contributed by atoms with Crippen LogP contribution >= 0.6 is 12.4 Å². The van der Waals surface area contributed by atoms with Crippen LogP contribution in [0.25, 0.3) is 10.9 Å². The lowest BCUT2D eigenvalue weighted by Gasteiger charge is -2.15. The van der Waals surface area contributed by atoms with E-state index in [1.165, 1.54) is 6.33 Å². The van der Waals surface area contributed by atoms with E-state index in [1.54, 1.807) is 14.2 Å². The number of hydrogen-bond donors (Lipinski definition) is 1. The van der Waals surface area contributed by atoms with E-state index in [-0.39, 0.29) is 12.4 Å². The quantitative estimate of drug-likeness (QED) is 0.383. The average Bonchev–Trinajstić information content (AvgIpc) is 2.75. The number of anilines is 2. The maximum atomic E-state index is 5.86. The molecule has 1 heterocycles. The number of aromatic nitrogens is 2. The summed E-state index contributed by atoms with van der Waals surface area (Å²) in [5.41, 5.74) is 2.34.